The number of fused-ring (bicyclic) bond motifs is 1. The molecule has 1 amide bonds. The van der Waals surface area contributed by atoms with E-state index >= 15 is 0 Å². The molecule has 2 atom stereocenters. The molecule has 1 aliphatic carbocycles. The molecule has 7 rings (SSSR count). The molecule has 12 nitrogen and oxygen atoms in total. The van der Waals surface area contributed by atoms with Crippen molar-refractivity contribution in [3.05, 3.63) is 124 Å². The molecule has 2 fully saturated rings. The van der Waals surface area contributed by atoms with Crippen molar-refractivity contribution in [2.45, 2.75) is 80.0 Å². The van der Waals surface area contributed by atoms with Crippen LogP contribution < -0.4 is 20.5 Å². The fourth-order valence-electron chi connectivity index (χ4n) is 8.36. The lowest BCUT2D eigenvalue weighted by molar-refractivity contribution is -0.118. The van der Waals surface area contributed by atoms with Gasteiger partial charge in [-0.05, 0) is 91.1 Å². The fourth-order valence-corrected chi connectivity index (χ4v) is 9.65. The van der Waals surface area contributed by atoms with E-state index in [1.54, 1.807) is 54.4 Å². The summed E-state index contributed by atoms with van der Waals surface area (Å²) in [4.78, 5) is 34.5. The van der Waals surface area contributed by atoms with E-state index in [0.29, 0.717) is 28.9 Å². The summed E-state index contributed by atoms with van der Waals surface area (Å²) >= 11 is 0. The number of phenols is 1. The van der Waals surface area contributed by atoms with Crippen molar-refractivity contribution in [1.82, 2.24) is 20.1 Å². The number of aromatic amines is 1. The molecule has 0 spiro atoms. The standard InChI is InChI=1S/C46H55N5O7S/c1-32(50-24-26-51(27-25-50)36-7-4-3-5-8-36)34-13-17-38(18-14-34)59(56,57)39-10-6-9-37(29-39)58-28-23-45(55)49(2)35-15-11-33(12-16-35)30-47-31-43(53)40-19-21-42(52)46-41(40)20-22-44(54)48-46/h6,9-22,29,32,36,43,47,52-53H,3-5,7-8,23-28,30-31H2,1-2H3,(H,48,54)/t32-,43-/m0/s1. The first-order valence-corrected chi connectivity index (χ1v) is 22.1. The summed E-state index contributed by atoms with van der Waals surface area (Å²) < 4.78 is 33.2. The number of aromatic hydroxyl groups is 1. The largest absolute Gasteiger partial charge is 0.506 e. The lowest BCUT2D eigenvalue weighted by Crippen LogP contribution is -2.51. The van der Waals surface area contributed by atoms with E-state index in [2.05, 4.69) is 27.0 Å². The van der Waals surface area contributed by atoms with Crippen LogP contribution in [0.5, 0.6) is 11.5 Å². The van der Waals surface area contributed by atoms with Crippen molar-refractivity contribution in [3.8, 4) is 11.5 Å². The van der Waals surface area contributed by atoms with Crippen LogP contribution in [0, 0.1) is 0 Å². The third-order valence-electron chi connectivity index (χ3n) is 12.0. The molecule has 1 saturated carbocycles. The first kappa shape index (κ1) is 42.1. The van der Waals surface area contributed by atoms with Gasteiger partial charge in [-0.25, -0.2) is 8.42 Å². The van der Waals surface area contributed by atoms with Crippen LogP contribution >= 0.6 is 0 Å². The van der Waals surface area contributed by atoms with Gasteiger partial charge in [0.25, 0.3) is 0 Å². The van der Waals surface area contributed by atoms with Crippen molar-refractivity contribution in [3.63, 3.8) is 0 Å². The predicted molar refractivity (Wildman–Crippen MR) is 230 cm³/mol. The summed E-state index contributed by atoms with van der Waals surface area (Å²) in [5.41, 5.74) is 3.28. The number of ether oxygens (including phenoxy) is 1. The van der Waals surface area contributed by atoms with E-state index < -0.39 is 15.9 Å². The molecule has 5 aromatic rings. The number of aromatic nitrogens is 1. The molecule has 0 radical (unpaired) electrons. The minimum Gasteiger partial charge on any atom is -0.506 e. The number of amides is 1. The van der Waals surface area contributed by atoms with Gasteiger partial charge in [-0.15, -0.1) is 0 Å². The SMILES string of the molecule is C[C@@H](c1ccc(S(=O)(=O)c2cccc(OCCC(=O)N(C)c3ccc(CNC[C@H](O)c4ccc(O)c5[nH]c(=O)ccc45)cc3)c2)cc1)N1CCN(C2CCCCC2)CC1. The number of aliphatic hydroxyl groups is 1. The maximum absolute atomic E-state index is 13.7. The Morgan fingerprint density at radius 1 is 0.915 bits per heavy atom. The molecule has 1 saturated heterocycles. The van der Waals surface area contributed by atoms with Crippen LogP contribution in [0.4, 0.5) is 5.69 Å². The number of sulfone groups is 1. The first-order chi connectivity index (χ1) is 28.5. The second kappa shape index (κ2) is 18.9. The molecular weight excluding hydrogens is 767 g/mol. The Kier molecular flexibility index (Phi) is 13.5. The molecule has 13 heteroatoms. The number of piperazine rings is 1. The van der Waals surface area contributed by atoms with E-state index in [1.165, 1.54) is 50.3 Å². The Labute approximate surface area is 346 Å². The molecular formula is C46H55N5O7S. The van der Waals surface area contributed by atoms with Crippen LogP contribution in [0.2, 0.25) is 0 Å². The number of H-pyrrole nitrogens is 1. The van der Waals surface area contributed by atoms with Crippen molar-refractivity contribution in [2.24, 2.45) is 0 Å². The maximum Gasteiger partial charge on any atom is 0.248 e. The number of aliphatic hydroxyl groups excluding tert-OH is 1. The fraction of sp³-hybridized carbons (Fsp3) is 0.391. The van der Waals surface area contributed by atoms with Gasteiger partial charge in [0.2, 0.25) is 21.3 Å². The summed E-state index contributed by atoms with van der Waals surface area (Å²) in [5.74, 6) is 0.145. The van der Waals surface area contributed by atoms with E-state index in [-0.39, 0.29) is 58.1 Å². The molecule has 2 aliphatic rings. The van der Waals surface area contributed by atoms with E-state index in [0.717, 1.165) is 43.3 Å². The number of carbonyl (C=O) groups excluding carboxylic acids is 1. The average molecular weight is 822 g/mol. The van der Waals surface area contributed by atoms with Crippen molar-refractivity contribution < 1.29 is 28.2 Å². The highest BCUT2D eigenvalue weighted by atomic mass is 32.2. The number of hydrogen-bond acceptors (Lipinski definition) is 10. The minimum absolute atomic E-state index is 0.0635. The predicted octanol–water partition coefficient (Wildman–Crippen LogP) is 6.33. The van der Waals surface area contributed by atoms with Crippen LogP contribution in [0.25, 0.3) is 10.9 Å². The van der Waals surface area contributed by atoms with E-state index in [1.807, 2.05) is 36.4 Å². The van der Waals surface area contributed by atoms with Crippen molar-refractivity contribution in [1.29, 1.82) is 0 Å². The van der Waals surface area contributed by atoms with Gasteiger partial charge in [0.15, 0.2) is 0 Å². The topological polar surface area (TPSA) is 156 Å². The van der Waals surface area contributed by atoms with Crippen LogP contribution in [-0.2, 0) is 21.2 Å². The molecule has 1 aromatic heterocycles. The lowest BCUT2D eigenvalue weighted by atomic mass is 9.93. The molecule has 312 valence electrons. The number of hydrogen-bond donors (Lipinski definition) is 4. The maximum atomic E-state index is 13.7. The van der Waals surface area contributed by atoms with Crippen molar-refractivity contribution in [2.75, 3.05) is 51.3 Å². The van der Waals surface area contributed by atoms with Crippen LogP contribution in [0.3, 0.4) is 0 Å². The second-order valence-corrected chi connectivity index (χ2v) is 17.7. The Hall–Kier alpha value is -5.05. The number of carbonyl (C=O) groups is 1. The zero-order valence-electron chi connectivity index (χ0n) is 33.8. The molecule has 59 heavy (non-hydrogen) atoms. The van der Waals surface area contributed by atoms with Gasteiger partial charge >= 0.3 is 0 Å². The minimum atomic E-state index is -3.79. The zero-order chi connectivity index (χ0) is 41.5. The van der Waals surface area contributed by atoms with Gasteiger partial charge in [-0.2, -0.15) is 0 Å². The number of phenolic OH excluding ortho intramolecular Hbond substituents is 1. The number of pyridine rings is 1. The second-order valence-electron chi connectivity index (χ2n) is 15.7. The number of rotatable bonds is 15. The summed E-state index contributed by atoms with van der Waals surface area (Å²) in [6, 6.07) is 28.1. The average Bonchev–Trinajstić information content (AvgIpc) is 3.27. The van der Waals surface area contributed by atoms with Crippen molar-refractivity contribution >= 4 is 32.3 Å². The van der Waals surface area contributed by atoms with Gasteiger partial charge in [0, 0.05) is 75.5 Å². The highest BCUT2D eigenvalue weighted by molar-refractivity contribution is 7.91. The van der Waals surface area contributed by atoms with Crippen LogP contribution in [0.1, 0.15) is 74.3 Å². The zero-order valence-corrected chi connectivity index (χ0v) is 34.7. The Balaban J connectivity index is 0.862. The summed E-state index contributed by atoms with van der Waals surface area (Å²) in [6.45, 7) is 7.18. The number of anilines is 1. The van der Waals surface area contributed by atoms with Gasteiger partial charge in [-0.1, -0.05) is 55.7 Å². The third-order valence-corrected chi connectivity index (χ3v) is 13.8. The van der Waals surface area contributed by atoms with Gasteiger partial charge < -0.3 is 30.2 Å². The first-order valence-electron chi connectivity index (χ1n) is 20.6. The summed E-state index contributed by atoms with van der Waals surface area (Å²) in [6.07, 6.45) is 5.91. The Bertz CT molecular complexity index is 2370. The lowest BCUT2D eigenvalue weighted by Gasteiger charge is -2.42. The third kappa shape index (κ3) is 10.0. The smallest absolute Gasteiger partial charge is 0.248 e. The monoisotopic (exact) mass is 821 g/mol. The normalized spacial score (nSPS) is 16.8. The number of nitrogens with one attached hydrogen (secondary N) is 2. The molecule has 2 heterocycles. The van der Waals surface area contributed by atoms with Crippen LogP contribution in [-0.4, -0.2) is 91.7 Å². The highest BCUT2D eigenvalue weighted by Gasteiger charge is 2.28. The molecule has 0 unspecified atom stereocenters. The van der Waals surface area contributed by atoms with Crippen LogP contribution in [0.15, 0.2) is 112 Å². The molecule has 4 N–H and O–H groups in total. The Morgan fingerprint density at radius 2 is 1.64 bits per heavy atom. The quantitative estimate of drug-likeness (QED) is 0.0942. The van der Waals surface area contributed by atoms with E-state index in [4.69, 9.17) is 4.74 Å². The summed E-state index contributed by atoms with van der Waals surface area (Å²) in [5, 5.41) is 24.8. The molecule has 1 aliphatic heterocycles. The highest BCUT2D eigenvalue weighted by Crippen LogP contribution is 2.31. The van der Waals surface area contributed by atoms with Gasteiger partial charge in [0.05, 0.1) is 34.4 Å². The molecule has 0 bridgehead atoms. The molecule has 4 aromatic carbocycles. The number of nitrogens with zero attached hydrogens (tertiary/aromatic N) is 3. The summed E-state index contributed by atoms with van der Waals surface area (Å²) in [7, 11) is -2.10. The van der Waals surface area contributed by atoms with Gasteiger partial charge in [0.1, 0.15) is 11.5 Å². The Morgan fingerprint density at radius 3 is 2.37 bits per heavy atom. The van der Waals surface area contributed by atoms with E-state index in [9.17, 15) is 28.2 Å². The number of benzene rings is 4. The van der Waals surface area contributed by atoms with Gasteiger partial charge in [-0.3, -0.25) is 19.4 Å².